The number of nitrogens with zero attached hydrogens (tertiary/aromatic N) is 1. The van der Waals surface area contributed by atoms with Crippen LogP contribution in [-0.2, 0) is 4.74 Å². The Hall–Kier alpha value is -0.120. The quantitative estimate of drug-likeness (QED) is 0.692. The van der Waals surface area contributed by atoms with Crippen LogP contribution in [0.15, 0.2) is 0 Å². The van der Waals surface area contributed by atoms with Gasteiger partial charge < -0.3 is 15.4 Å². The lowest BCUT2D eigenvalue weighted by Crippen LogP contribution is -2.42. The predicted molar refractivity (Wildman–Crippen MR) is 52.6 cm³/mol. The Morgan fingerprint density at radius 3 is 2.77 bits per heavy atom. The molecular formula is C10H20N2O. The molecular weight excluding hydrogens is 164 g/mol. The van der Waals surface area contributed by atoms with E-state index in [1.54, 1.807) is 0 Å². The molecule has 0 saturated carbocycles. The molecule has 0 amide bonds. The lowest BCUT2D eigenvalue weighted by atomic mass is 9.85. The Morgan fingerprint density at radius 1 is 1.54 bits per heavy atom. The van der Waals surface area contributed by atoms with Gasteiger partial charge in [-0.3, -0.25) is 0 Å². The zero-order valence-electron chi connectivity index (χ0n) is 8.46. The van der Waals surface area contributed by atoms with Gasteiger partial charge in [0.05, 0.1) is 13.2 Å². The van der Waals surface area contributed by atoms with Crippen LogP contribution in [0.3, 0.4) is 0 Å². The average Bonchev–Trinajstić information content (AvgIpc) is 2.44. The molecule has 2 saturated heterocycles. The lowest BCUT2D eigenvalue weighted by molar-refractivity contribution is -0.108. The molecule has 2 heterocycles. The summed E-state index contributed by atoms with van der Waals surface area (Å²) in [6.07, 6.45) is 2.44. The fourth-order valence-corrected chi connectivity index (χ4v) is 2.09. The second kappa shape index (κ2) is 3.56. The van der Waals surface area contributed by atoms with E-state index in [1.165, 1.54) is 25.9 Å². The first-order valence-electron chi connectivity index (χ1n) is 5.24. The summed E-state index contributed by atoms with van der Waals surface area (Å²) in [6, 6.07) is 0.422. The number of hydrogen-bond acceptors (Lipinski definition) is 3. The Labute approximate surface area is 80.2 Å². The highest BCUT2D eigenvalue weighted by atomic mass is 16.5. The number of nitrogens with two attached hydrogens (primary N) is 1. The minimum Gasteiger partial charge on any atom is -0.380 e. The maximum absolute atomic E-state index is 5.84. The van der Waals surface area contributed by atoms with Crippen LogP contribution in [0, 0.1) is 5.41 Å². The maximum Gasteiger partial charge on any atom is 0.0542 e. The van der Waals surface area contributed by atoms with Crippen LogP contribution in [0.25, 0.3) is 0 Å². The number of likely N-dealkylation sites (tertiary alicyclic amines) is 1. The Balaban J connectivity index is 1.67. The fraction of sp³-hybridized carbons (Fsp3) is 1.00. The van der Waals surface area contributed by atoms with Crippen LogP contribution in [-0.4, -0.2) is 43.8 Å². The van der Waals surface area contributed by atoms with E-state index < -0.39 is 0 Å². The van der Waals surface area contributed by atoms with Gasteiger partial charge in [-0.1, -0.05) is 6.92 Å². The van der Waals surface area contributed by atoms with Gasteiger partial charge in [-0.2, -0.15) is 0 Å². The van der Waals surface area contributed by atoms with E-state index in [4.69, 9.17) is 10.5 Å². The molecule has 1 unspecified atom stereocenters. The summed E-state index contributed by atoms with van der Waals surface area (Å²) in [7, 11) is 0. The van der Waals surface area contributed by atoms with Crippen LogP contribution in [0.4, 0.5) is 0 Å². The van der Waals surface area contributed by atoms with Gasteiger partial charge in [0.2, 0.25) is 0 Å². The molecule has 0 aromatic heterocycles. The highest BCUT2D eigenvalue weighted by molar-refractivity contribution is 4.84. The molecule has 1 atom stereocenters. The highest BCUT2D eigenvalue weighted by Gasteiger charge is 2.33. The molecule has 2 fully saturated rings. The van der Waals surface area contributed by atoms with Crippen molar-refractivity contribution in [3.63, 3.8) is 0 Å². The van der Waals surface area contributed by atoms with Crippen molar-refractivity contribution < 1.29 is 4.74 Å². The third-order valence-electron chi connectivity index (χ3n) is 3.24. The van der Waals surface area contributed by atoms with E-state index in [-0.39, 0.29) is 0 Å². The Bertz CT molecular complexity index is 180. The highest BCUT2D eigenvalue weighted by Crippen LogP contribution is 2.30. The molecule has 0 aromatic carbocycles. The minimum atomic E-state index is 0.422. The van der Waals surface area contributed by atoms with Gasteiger partial charge in [0.15, 0.2) is 0 Å². The topological polar surface area (TPSA) is 38.5 Å². The van der Waals surface area contributed by atoms with Crippen LogP contribution in [0.5, 0.6) is 0 Å². The molecule has 13 heavy (non-hydrogen) atoms. The first-order valence-corrected chi connectivity index (χ1v) is 5.24. The number of ether oxygens (including phenoxy) is 1. The number of hydrogen-bond donors (Lipinski definition) is 1. The van der Waals surface area contributed by atoms with Crippen molar-refractivity contribution in [3.05, 3.63) is 0 Å². The summed E-state index contributed by atoms with van der Waals surface area (Å²) in [5.41, 5.74) is 6.31. The van der Waals surface area contributed by atoms with Crippen molar-refractivity contribution in [2.45, 2.75) is 25.8 Å². The van der Waals surface area contributed by atoms with E-state index in [2.05, 4.69) is 11.8 Å². The van der Waals surface area contributed by atoms with Crippen molar-refractivity contribution in [1.29, 1.82) is 0 Å². The van der Waals surface area contributed by atoms with Crippen LogP contribution >= 0.6 is 0 Å². The lowest BCUT2D eigenvalue weighted by Gasteiger charge is -2.39. The van der Waals surface area contributed by atoms with Gasteiger partial charge >= 0.3 is 0 Å². The van der Waals surface area contributed by atoms with E-state index in [0.29, 0.717) is 11.5 Å². The molecule has 0 aliphatic carbocycles. The molecule has 3 heteroatoms. The normalized spacial score (nSPS) is 33.2. The van der Waals surface area contributed by atoms with Gasteiger partial charge in [0.1, 0.15) is 0 Å². The van der Waals surface area contributed by atoms with Crippen LogP contribution < -0.4 is 5.73 Å². The molecule has 2 aliphatic rings. The minimum absolute atomic E-state index is 0.422. The summed E-state index contributed by atoms with van der Waals surface area (Å²) in [5, 5.41) is 0. The first kappa shape index (κ1) is 9.44. The van der Waals surface area contributed by atoms with E-state index in [9.17, 15) is 0 Å². The zero-order valence-corrected chi connectivity index (χ0v) is 8.46. The Kier molecular flexibility index (Phi) is 2.58. The SMILES string of the molecule is CC1(CCN2CCC(N)C2)COC1. The predicted octanol–water partition coefficient (Wildman–Crippen LogP) is 0.446. The fourth-order valence-electron chi connectivity index (χ4n) is 2.09. The van der Waals surface area contributed by atoms with Gasteiger partial charge in [-0.25, -0.2) is 0 Å². The monoisotopic (exact) mass is 184 g/mol. The van der Waals surface area contributed by atoms with Gasteiger partial charge in [-0.05, 0) is 25.9 Å². The molecule has 76 valence electrons. The summed E-state index contributed by atoms with van der Waals surface area (Å²) in [4.78, 5) is 2.48. The standard InChI is InChI=1S/C10H20N2O/c1-10(7-13-8-10)3-5-12-4-2-9(11)6-12/h9H,2-8,11H2,1H3. The third kappa shape index (κ3) is 2.22. The van der Waals surface area contributed by atoms with Gasteiger partial charge in [0.25, 0.3) is 0 Å². The largest absolute Gasteiger partial charge is 0.380 e. The number of rotatable bonds is 3. The molecule has 0 bridgehead atoms. The van der Waals surface area contributed by atoms with Crippen LogP contribution in [0.1, 0.15) is 19.8 Å². The molecule has 3 nitrogen and oxygen atoms in total. The molecule has 0 radical (unpaired) electrons. The first-order chi connectivity index (χ1) is 6.18. The molecule has 0 aromatic rings. The molecule has 2 N–H and O–H groups in total. The van der Waals surface area contributed by atoms with E-state index in [1.807, 2.05) is 0 Å². The van der Waals surface area contributed by atoms with Crippen molar-refractivity contribution >= 4 is 0 Å². The Morgan fingerprint density at radius 2 is 2.31 bits per heavy atom. The van der Waals surface area contributed by atoms with Gasteiger partial charge in [-0.15, -0.1) is 0 Å². The second-order valence-corrected chi connectivity index (χ2v) is 4.90. The molecule has 2 rings (SSSR count). The van der Waals surface area contributed by atoms with Crippen molar-refractivity contribution in [1.82, 2.24) is 4.90 Å². The average molecular weight is 184 g/mol. The smallest absolute Gasteiger partial charge is 0.0542 e. The van der Waals surface area contributed by atoms with Crippen LogP contribution in [0.2, 0.25) is 0 Å². The van der Waals surface area contributed by atoms with Crippen molar-refractivity contribution in [2.24, 2.45) is 11.1 Å². The summed E-state index contributed by atoms with van der Waals surface area (Å²) in [6.45, 7) is 7.70. The van der Waals surface area contributed by atoms with E-state index in [0.717, 1.165) is 19.8 Å². The third-order valence-corrected chi connectivity index (χ3v) is 3.24. The van der Waals surface area contributed by atoms with Gasteiger partial charge in [0, 0.05) is 18.0 Å². The zero-order chi connectivity index (χ0) is 9.31. The summed E-state index contributed by atoms with van der Waals surface area (Å²) in [5.74, 6) is 0. The van der Waals surface area contributed by atoms with Crippen molar-refractivity contribution in [2.75, 3.05) is 32.8 Å². The molecule has 2 aliphatic heterocycles. The second-order valence-electron chi connectivity index (χ2n) is 4.90. The molecule has 0 spiro atoms. The van der Waals surface area contributed by atoms with Crippen molar-refractivity contribution in [3.8, 4) is 0 Å². The maximum atomic E-state index is 5.84. The summed E-state index contributed by atoms with van der Waals surface area (Å²) < 4.78 is 5.23. The summed E-state index contributed by atoms with van der Waals surface area (Å²) >= 11 is 0. The van der Waals surface area contributed by atoms with E-state index >= 15 is 0 Å².